The average Bonchev–Trinajstić information content (AvgIpc) is 2.39. The SMILES string of the molecule is C=CC1=C(/C=C(/C)C=C)N(C=C)/C(=C\C)C(=O)N1. The monoisotopic (exact) mass is 242 g/mol. The second kappa shape index (κ2) is 5.87. The molecule has 3 nitrogen and oxygen atoms in total. The Hall–Kier alpha value is -2.29. The van der Waals surface area contributed by atoms with Gasteiger partial charge in [0.15, 0.2) is 0 Å². The normalized spacial score (nSPS) is 18.8. The van der Waals surface area contributed by atoms with Crippen LogP contribution in [0.1, 0.15) is 13.8 Å². The van der Waals surface area contributed by atoms with Crippen molar-refractivity contribution in [3.05, 3.63) is 72.9 Å². The van der Waals surface area contributed by atoms with Crippen molar-refractivity contribution in [2.24, 2.45) is 0 Å². The minimum atomic E-state index is -0.166. The van der Waals surface area contributed by atoms with Crippen LogP contribution in [-0.4, -0.2) is 10.8 Å². The highest BCUT2D eigenvalue weighted by Gasteiger charge is 2.25. The first-order valence-corrected chi connectivity index (χ1v) is 5.66. The van der Waals surface area contributed by atoms with E-state index in [1.165, 1.54) is 0 Å². The molecule has 0 unspecified atom stereocenters. The summed E-state index contributed by atoms with van der Waals surface area (Å²) in [4.78, 5) is 13.6. The van der Waals surface area contributed by atoms with Gasteiger partial charge in [0.05, 0.1) is 11.4 Å². The summed E-state index contributed by atoms with van der Waals surface area (Å²) >= 11 is 0. The van der Waals surface area contributed by atoms with Gasteiger partial charge in [0, 0.05) is 6.20 Å². The van der Waals surface area contributed by atoms with Crippen LogP contribution in [0.25, 0.3) is 0 Å². The molecule has 94 valence electrons. The number of carbonyl (C=O) groups is 1. The summed E-state index contributed by atoms with van der Waals surface area (Å²) < 4.78 is 0. The van der Waals surface area contributed by atoms with Crippen LogP contribution in [0.3, 0.4) is 0 Å². The van der Waals surface area contributed by atoms with Crippen LogP contribution >= 0.6 is 0 Å². The summed E-state index contributed by atoms with van der Waals surface area (Å²) in [5.41, 5.74) is 3.01. The van der Waals surface area contributed by atoms with E-state index in [0.717, 1.165) is 11.3 Å². The van der Waals surface area contributed by atoms with Crippen molar-refractivity contribution in [1.29, 1.82) is 0 Å². The van der Waals surface area contributed by atoms with Gasteiger partial charge in [-0.15, -0.1) is 0 Å². The molecular formula is C15H18N2O. The zero-order chi connectivity index (χ0) is 13.7. The van der Waals surface area contributed by atoms with E-state index in [1.54, 1.807) is 29.3 Å². The van der Waals surface area contributed by atoms with Gasteiger partial charge >= 0.3 is 0 Å². The number of hydrogen-bond acceptors (Lipinski definition) is 2. The molecular weight excluding hydrogens is 224 g/mol. The summed E-state index contributed by atoms with van der Waals surface area (Å²) in [5, 5.41) is 2.80. The molecule has 0 atom stereocenters. The van der Waals surface area contributed by atoms with Crippen molar-refractivity contribution in [3.63, 3.8) is 0 Å². The summed E-state index contributed by atoms with van der Waals surface area (Å²) in [5.74, 6) is -0.166. The molecule has 0 bridgehead atoms. The van der Waals surface area contributed by atoms with Crippen LogP contribution in [0, 0.1) is 0 Å². The molecule has 18 heavy (non-hydrogen) atoms. The largest absolute Gasteiger partial charge is 0.319 e. The third-order valence-corrected chi connectivity index (χ3v) is 2.62. The predicted molar refractivity (Wildman–Crippen MR) is 75.1 cm³/mol. The fraction of sp³-hybridized carbons (Fsp3) is 0.133. The number of nitrogens with zero attached hydrogens (tertiary/aromatic N) is 1. The fourth-order valence-electron chi connectivity index (χ4n) is 1.66. The number of allylic oxidation sites excluding steroid dienone is 5. The van der Waals surface area contributed by atoms with E-state index in [2.05, 4.69) is 25.1 Å². The summed E-state index contributed by atoms with van der Waals surface area (Å²) in [6, 6.07) is 0. The Labute approximate surface area is 108 Å². The molecule has 0 radical (unpaired) electrons. The second-order valence-corrected chi connectivity index (χ2v) is 3.78. The van der Waals surface area contributed by atoms with E-state index in [0.29, 0.717) is 11.4 Å². The highest BCUT2D eigenvalue weighted by atomic mass is 16.2. The molecule has 1 aliphatic rings. The number of amides is 1. The lowest BCUT2D eigenvalue weighted by molar-refractivity contribution is -0.118. The standard InChI is InChI=1S/C15H18N2O/c1-6-11(5)10-14-12(7-2)16-15(18)13(8-3)17(14)9-4/h6-10H,1-2,4H2,3,5H3,(H,16,18)/b11-10-,13-8-. The molecule has 0 saturated heterocycles. The van der Waals surface area contributed by atoms with Crippen LogP contribution in [0.5, 0.6) is 0 Å². The Morgan fingerprint density at radius 1 is 1.33 bits per heavy atom. The van der Waals surface area contributed by atoms with Crippen LogP contribution in [0.4, 0.5) is 0 Å². The van der Waals surface area contributed by atoms with E-state index in [4.69, 9.17) is 0 Å². The molecule has 0 fully saturated rings. The van der Waals surface area contributed by atoms with Gasteiger partial charge in [0.25, 0.3) is 5.91 Å². The molecule has 0 spiro atoms. The Balaban J connectivity index is 3.44. The lowest BCUT2D eigenvalue weighted by Crippen LogP contribution is -2.38. The second-order valence-electron chi connectivity index (χ2n) is 3.78. The van der Waals surface area contributed by atoms with Crippen molar-refractivity contribution in [1.82, 2.24) is 10.2 Å². The molecule has 3 heteroatoms. The van der Waals surface area contributed by atoms with E-state index in [9.17, 15) is 4.79 Å². The van der Waals surface area contributed by atoms with Crippen LogP contribution in [-0.2, 0) is 4.79 Å². The zero-order valence-corrected chi connectivity index (χ0v) is 10.9. The molecule has 1 N–H and O–H groups in total. The Morgan fingerprint density at radius 2 is 2.00 bits per heavy atom. The van der Waals surface area contributed by atoms with Gasteiger partial charge in [0.2, 0.25) is 0 Å². The first-order valence-electron chi connectivity index (χ1n) is 5.66. The zero-order valence-electron chi connectivity index (χ0n) is 10.9. The Kier molecular flexibility index (Phi) is 4.49. The van der Waals surface area contributed by atoms with Gasteiger partial charge in [-0.25, -0.2) is 0 Å². The van der Waals surface area contributed by atoms with Gasteiger partial charge in [-0.1, -0.05) is 31.9 Å². The van der Waals surface area contributed by atoms with Crippen LogP contribution in [0.15, 0.2) is 72.9 Å². The number of carbonyl (C=O) groups excluding carboxylic acids is 1. The molecule has 0 aromatic carbocycles. The van der Waals surface area contributed by atoms with Crippen LogP contribution < -0.4 is 5.32 Å². The molecule has 1 rings (SSSR count). The fourth-order valence-corrected chi connectivity index (χ4v) is 1.66. The lowest BCUT2D eigenvalue weighted by Gasteiger charge is -2.30. The van der Waals surface area contributed by atoms with E-state index in [1.807, 2.05) is 19.9 Å². The van der Waals surface area contributed by atoms with Crippen molar-refractivity contribution in [2.75, 3.05) is 0 Å². The highest BCUT2D eigenvalue weighted by molar-refractivity contribution is 5.96. The van der Waals surface area contributed by atoms with E-state index < -0.39 is 0 Å². The van der Waals surface area contributed by atoms with Gasteiger partial charge in [-0.3, -0.25) is 4.79 Å². The maximum absolute atomic E-state index is 11.9. The van der Waals surface area contributed by atoms with Crippen molar-refractivity contribution in [2.45, 2.75) is 13.8 Å². The topological polar surface area (TPSA) is 32.3 Å². The smallest absolute Gasteiger partial charge is 0.272 e. The third kappa shape index (κ3) is 2.51. The van der Waals surface area contributed by atoms with Crippen molar-refractivity contribution in [3.8, 4) is 0 Å². The van der Waals surface area contributed by atoms with Crippen LogP contribution in [0.2, 0.25) is 0 Å². The van der Waals surface area contributed by atoms with E-state index in [-0.39, 0.29) is 5.91 Å². The molecule has 0 saturated carbocycles. The molecule has 1 amide bonds. The molecule has 1 heterocycles. The Bertz CT molecular complexity index is 493. The summed E-state index contributed by atoms with van der Waals surface area (Å²) in [6.07, 6.45) is 8.64. The molecule has 0 aliphatic carbocycles. The average molecular weight is 242 g/mol. The Morgan fingerprint density at radius 3 is 2.44 bits per heavy atom. The van der Waals surface area contributed by atoms with Gasteiger partial charge in [-0.05, 0) is 31.6 Å². The maximum atomic E-state index is 11.9. The summed E-state index contributed by atoms with van der Waals surface area (Å²) in [6.45, 7) is 14.9. The minimum Gasteiger partial charge on any atom is -0.319 e. The van der Waals surface area contributed by atoms with Crippen molar-refractivity contribution >= 4 is 5.91 Å². The minimum absolute atomic E-state index is 0.166. The number of rotatable bonds is 4. The predicted octanol–water partition coefficient (Wildman–Crippen LogP) is 3.00. The molecule has 0 aromatic rings. The van der Waals surface area contributed by atoms with Crippen molar-refractivity contribution < 1.29 is 4.79 Å². The third-order valence-electron chi connectivity index (χ3n) is 2.62. The summed E-state index contributed by atoms with van der Waals surface area (Å²) in [7, 11) is 0. The first kappa shape index (κ1) is 13.8. The highest BCUT2D eigenvalue weighted by Crippen LogP contribution is 2.24. The number of nitrogens with one attached hydrogen (secondary N) is 1. The van der Waals surface area contributed by atoms with Gasteiger partial charge in [0.1, 0.15) is 5.70 Å². The molecule has 0 aromatic heterocycles. The maximum Gasteiger partial charge on any atom is 0.272 e. The molecule has 1 aliphatic heterocycles. The first-order chi connectivity index (χ1) is 8.58. The number of hydrogen-bond donors (Lipinski definition) is 1. The lowest BCUT2D eigenvalue weighted by atomic mass is 10.1. The van der Waals surface area contributed by atoms with Gasteiger partial charge in [-0.2, -0.15) is 0 Å². The quantitative estimate of drug-likeness (QED) is 0.607. The van der Waals surface area contributed by atoms with Gasteiger partial charge < -0.3 is 10.2 Å². The van der Waals surface area contributed by atoms with E-state index >= 15 is 0 Å².